The molecule has 0 fully saturated rings. The van der Waals surface area contributed by atoms with Gasteiger partial charge in [-0.25, -0.2) is 0 Å². The van der Waals surface area contributed by atoms with Gasteiger partial charge in [-0.1, -0.05) is 60.4 Å². The predicted molar refractivity (Wildman–Crippen MR) is 114 cm³/mol. The predicted octanol–water partition coefficient (Wildman–Crippen LogP) is 5.70. The molecule has 4 rings (SSSR count). The number of carbonyl (C=O) groups is 1. The minimum atomic E-state index is -0.242. The molecule has 0 spiro atoms. The Labute approximate surface area is 171 Å². The molecule has 142 valence electrons. The zero-order valence-corrected chi connectivity index (χ0v) is 17.2. The lowest BCUT2D eigenvalue weighted by molar-refractivity contribution is 0.0998. The van der Waals surface area contributed by atoms with Crippen LogP contribution in [0.3, 0.4) is 0 Å². The first-order valence-electron chi connectivity index (χ1n) is 8.97. The van der Waals surface area contributed by atoms with E-state index in [1.165, 1.54) is 5.56 Å². The number of fused-ring (bicyclic) bond motifs is 1. The summed E-state index contributed by atoms with van der Waals surface area (Å²) in [6.07, 6.45) is 0.914. The number of rotatable bonds is 6. The normalized spacial score (nSPS) is 11.1. The number of carbonyl (C=O) groups excluding carboxylic acids is 1. The number of nitrogens with one attached hydrogen (secondary N) is 1. The maximum atomic E-state index is 13.0. The Balaban J connectivity index is 1.64. The second kappa shape index (κ2) is 8.16. The SMILES string of the molecule is CCc1cccc(NC(=O)c2oc3ccccc3c2CSc2nnc(C)s2)c1. The molecule has 0 aliphatic rings. The van der Waals surface area contributed by atoms with E-state index in [0.717, 1.165) is 32.4 Å². The van der Waals surface area contributed by atoms with E-state index in [1.54, 1.807) is 23.1 Å². The molecule has 1 N–H and O–H groups in total. The minimum absolute atomic E-state index is 0.242. The van der Waals surface area contributed by atoms with Crippen LogP contribution in [0.2, 0.25) is 0 Å². The van der Waals surface area contributed by atoms with E-state index >= 15 is 0 Å². The molecular weight excluding hydrogens is 390 g/mol. The molecule has 2 heterocycles. The third kappa shape index (κ3) is 3.95. The molecule has 0 aliphatic carbocycles. The standard InChI is InChI=1S/C21H19N3O2S2/c1-3-14-7-6-8-15(11-14)22-20(25)19-17(12-27-21-24-23-13(2)28-21)16-9-4-5-10-18(16)26-19/h4-11H,3,12H2,1-2H3,(H,22,25). The van der Waals surface area contributed by atoms with E-state index in [0.29, 0.717) is 17.1 Å². The number of anilines is 1. The summed E-state index contributed by atoms with van der Waals surface area (Å²) in [5, 5.41) is 13.1. The molecule has 5 nitrogen and oxygen atoms in total. The zero-order chi connectivity index (χ0) is 19.5. The average Bonchev–Trinajstić information content (AvgIpc) is 3.29. The lowest BCUT2D eigenvalue weighted by Crippen LogP contribution is -2.13. The van der Waals surface area contributed by atoms with Crippen molar-refractivity contribution in [3.8, 4) is 0 Å². The molecule has 7 heteroatoms. The van der Waals surface area contributed by atoms with Gasteiger partial charge in [0.2, 0.25) is 0 Å². The molecule has 1 amide bonds. The number of nitrogens with zero attached hydrogens (tertiary/aromatic N) is 2. The summed E-state index contributed by atoms with van der Waals surface area (Å²) < 4.78 is 6.80. The molecule has 0 radical (unpaired) electrons. The third-order valence-electron chi connectivity index (χ3n) is 4.35. The van der Waals surface area contributed by atoms with Crippen LogP contribution in [0.1, 0.15) is 33.6 Å². The van der Waals surface area contributed by atoms with E-state index in [4.69, 9.17) is 4.42 Å². The summed E-state index contributed by atoms with van der Waals surface area (Å²) in [6, 6.07) is 15.6. The number of aromatic nitrogens is 2. The van der Waals surface area contributed by atoms with E-state index in [1.807, 2.05) is 55.5 Å². The highest BCUT2D eigenvalue weighted by Crippen LogP contribution is 2.33. The smallest absolute Gasteiger partial charge is 0.291 e. The monoisotopic (exact) mass is 409 g/mol. The summed E-state index contributed by atoms with van der Waals surface area (Å²) in [6.45, 7) is 4.02. The number of thioether (sulfide) groups is 1. The van der Waals surface area contributed by atoms with Gasteiger partial charge in [0.25, 0.3) is 5.91 Å². The molecule has 2 aromatic heterocycles. The first-order valence-corrected chi connectivity index (χ1v) is 10.8. The van der Waals surface area contributed by atoms with Crippen molar-refractivity contribution in [2.75, 3.05) is 5.32 Å². The summed E-state index contributed by atoms with van der Waals surface area (Å²) in [5.41, 5.74) is 3.52. The Bertz CT molecular complexity index is 1130. The molecule has 0 aliphatic heterocycles. The van der Waals surface area contributed by atoms with Gasteiger partial charge in [0.15, 0.2) is 10.1 Å². The van der Waals surface area contributed by atoms with Crippen LogP contribution >= 0.6 is 23.1 Å². The molecule has 0 unspecified atom stereocenters. The van der Waals surface area contributed by atoms with Crippen molar-refractivity contribution in [2.45, 2.75) is 30.4 Å². The van der Waals surface area contributed by atoms with Crippen molar-refractivity contribution in [1.29, 1.82) is 0 Å². The average molecular weight is 410 g/mol. The molecule has 2 aromatic carbocycles. The van der Waals surface area contributed by atoms with E-state index in [2.05, 4.69) is 22.4 Å². The fraction of sp³-hybridized carbons (Fsp3) is 0.190. The minimum Gasteiger partial charge on any atom is -0.451 e. The topological polar surface area (TPSA) is 68.0 Å². The Morgan fingerprint density at radius 2 is 2.04 bits per heavy atom. The lowest BCUT2D eigenvalue weighted by atomic mass is 10.1. The fourth-order valence-corrected chi connectivity index (χ4v) is 4.80. The number of amides is 1. The van der Waals surface area contributed by atoms with Gasteiger partial charge in [-0.2, -0.15) is 0 Å². The number of aryl methyl sites for hydroxylation is 2. The second-order valence-electron chi connectivity index (χ2n) is 6.29. The van der Waals surface area contributed by atoms with Gasteiger partial charge in [0, 0.05) is 22.4 Å². The van der Waals surface area contributed by atoms with Crippen molar-refractivity contribution in [1.82, 2.24) is 10.2 Å². The van der Waals surface area contributed by atoms with E-state index < -0.39 is 0 Å². The van der Waals surface area contributed by atoms with Gasteiger partial charge >= 0.3 is 0 Å². The van der Waals surface area contributed by atoms with Gasteiger partial charge in [-0.15, -0.1) is 10.2 Å². The van der Waals surface area contributed by atoms with Crippen LogP contribution in [-0.2, 0) is 12.2 Å². The highest BCUT2D eigenvalue weighted by Gasteiger charge is 2.21. The van der Waals surface area contributed by atoms with Crippen LogP contribution in [0.15, 0.2) is 57.3 Å². The molecule has 0 atom stereocenters. The second-order valence-corrected chi connectivity index (χ2v) is 8.69. The number of para-hydroxylation sites is 1. The van der Waals surface area contributed by atoms with Crippen LogP contribution in [0.5, 0.6) is 0 Å². The molecule has 0 bridgehead atoms. The third-order valence-corrected chi connectivity index (χ3v) is 6.34. The summed E-state index contributed by atoms with van der Waals surface area (Å²) in [4.78, 5) is 13.0. The summed E-state index contributed by atoms with van der Waals surface area (Å²) in [5.74, 6) is 0.689. The Morgan fingerprint density at radius 3 is 2.82 bits per heavy atom. The quantitative estimate of drug-likeness (QED) is 0.414. The van der Waals surface area contributed by atoms with Crippen LogP contribution in [0.4, 0.5) is 5.69 Å². The molecule has 28 heavy (non-hydrogen) atoms. The summed E-state index contributed by atoms with van der Waals surface area (Å²) in [7, 11) is 0. The maximum absolute atomic E-state index is 13.0. The van der Waals surface area contributed by atoms with Gasteiger partial charge in [0.1, 0.15) is 10.6 Å². The van der Waals surface area contributed by atoms with Gasteiger partial charge in [-0.05, 0) is 37.1 Å². The number of furan rings is 1. The van der Waals surface area contributed by atoms with Crippen LogP contribution < -0.4 is 5.32 Å². The first-order chi connectivity index (χ1) is 13.6. The first kappa shape index (κ1) is 18.7. The number of benzene rings is 2. The van der Waals surface area contributed by atoms with Crippen molar-refractivity contribution < 1.29 is 9.21 Å². The van der Waals surface area contributed by atoms with E-state index in [-0.39, 0.29) is 5.91 Å². The Morgan fingerprint density at radius 1 is 1.18 bits per heavy atom. The molecular formula is C21H19N3O2S2. The van der Waals surface area contributed by atoms with Crippen molar-refractivity contribution in [3.63, 3.8) is 0 Å². The maximum Gasteiger partial charge on any atom is 0.291 e. The highest BCUT2D eigenvalue weighted by molar-refractivity contribution is 8.00. The van der Waals surface area contributed by atoms with Crippen molar-refractivity contribution >= 4 is 45.7 Å². The Kier molecular flexibility index (Phi) is 5.45. The van der Waals surface area contributed by atoms with Gasteiger partial charge in [-0.3, -0.25) is 4.79 Å². The number of hydrogen-bond acceptors (Lipinski definition) is 6. The molecule has 0 saturated carbocycles. The molecule has 4 aromatic rings. The van der Waals surface area contributed by atoms with Crippen LogP contribution in [0, 0.1) is 6.92 Å². The van der Waals surface area contributed by atoms with Gasteiger partial charge < -0.3 is 9.73 Å². The zero-order valence-electron chi connectivity index (χ0n) is 15.6. The van der Waals surface area contributed by atoms with Crippen molar-refractivity contribution in [2.24, 2.45) is 0 Å². The van der Waals surface area contributed by atoms with Crippen LogP contribution in [0.25, 0.3) is 11.0 Å². The summed E-state index contributed by atoms with van der Waals surface area (Å²) >= 11 is 3.11. The van der Waals surface area contributed by atoms with Gasteiger partial charge in [0.05, 0.1) is 0 Å². The molecule has 0 saturated heterocycles. The van der Waals surface area contributed by atoms with Crippen molar-refractivity contribution in [3.05, 3.63) is 70.4 Å². The fourth-order valence-electron chi connectivity index (χ4n) is 2.95. The van der Waals surface area contributed by atoms with Crippen LogP contribution in [-0.4, -0.2) is 16.1 Å². The largest absolute Gasteiger partial charge is 0.451 e. The number of hydrogen-bond donors (Lipinski definition) is 1. The van der Waals surface area contributed by atoms with E-state index in [9.17, 15) is 4.79 Å². The lowest BCUT2D eigenvalue weighted by Gasteiger charge is -2.06. The highest BCUT2D eigenvalue weighted by atomic mass is 32.2. The Hall–Kier alpha value is -2.64.